The molecule has 2 aliphatic rings. The minimum absolute atomic E-state index is 0.339. The molecule has 8 nitrogen and oxygen atoms in total. The number of rotatable bonds is 4. The van der Waals surface area contributed by atoms with Crippen molar-refractivity contribution in [1.82, 2.24) is 9.97 Å². The Morgan fingerprint density at radius 3 is 1.94 bits per heavy atom. The highest BCUT2D eigenvalue weighted by molar-refractivity contribution is 5.96. The molecule has 35 heavy (non-hydrogen) atoms. The van der Waals surface area contributed by atoms with E-state index < -0.39 is 0 Å². The van der Waals surface area contributed by atoms with Crippen molar-refractivity contribution in [3.63, 3.8) is 0 Å². The van der Waals surface area contributed by atoms with Crippen LogP contribution in [0.2, 0.25) is 0 Å². The van der Waals surface area contributed by atoms with Crippen LogP contribution < -0.4 is 9.80 Å². The minimum Gasteiger partial charge on any atom is -0.389 e. The molecule has 0 saturated carbocycles. The molecule has 0 bridgehead atoms. The zero-order chi connectivity index (χ0) is 24.1. The highest BCUT2D eigenvalue weighted by Crippen LogP contribution is 2.35. The van der Waals surface area contributed by atoms with Gasteiger partial charge in [-0.15, -0.1) is 0 Å². The largest absolute Gasteiger partial charge is 0.389 e. The van der Waals surface area contributed by atoms with Crippen LogP contribution in [0.15, 0.2) is 54.7 Å². The Balaban J connectivity index is 1.37. The zero-order valence-electron chi connectivity index (χ0n) is 18.8. The lowest BCUT2D eigenvalue weighted by Gasteiger charge is -2.38. The van der Waals surface area contributed by atoms with Gasteiger partial charge in [0, 0.05) is 54.5 Å². The van der Waals surface area contributed by atoms with Crippen LogP contribution in [0.25, 0.3) is 33.4 Å². The second-order valence-corrected chi connectivity index (χ2v) is 9.11. The van der Waals surface area contributed by atoms with Crippen molar-refractivity contribution in [3.8, 4) is 34.7 Å². The van der Waals surface area contributed by atoms with Crippen LogP contribution in [-0.2, 0) is 0 Å². The number of aromatic nitrogens is 2. The van der Waals surface area contributed by atoms with E-state index in [2.05, 4.69) is 22.1 Å². The van der Waals surface area contributed by atoms with E-state index in [9.17, 15) is 20.7 Å². The van der Waals surface area contributed by atoms with Crippen molar-refractivity contribution < 1.29 is 10.2 Å². The predicted octanol–water partition coefficient (Wildman–Crippen LogP) is 3.00. The second kappa shape index (κ2) is 8.14. The summed E-state index contributed by atoms with van der Waals surface area (Å²) in [5.41, 5.74) is 7.04. The first kappa shape index (κ1) is 21.2. The smallest absolute Gasteiger partial charge is 0.101 e. The summed E-state index contributed by atoms with van der Waals surface area (Å²) in [6, 6.07) is 20.0. The molecule has 0 amide bonds. The van der Waals surface area contributed by atoms with Gasteiger partial charge in [-0.1, -0.05) is 12.1 Å². The normalized spacial score (nSPS) is 16.0. The van der Waals surface area contributed by atoms with Crippen LogP contribution in [-0.4, -0.2) is 58.6 Å². The fraction of sp³-hybridized carbons (Fsp3) is 0.222. The Kier molecular flexibility index (Phi) is 4.93. The van der Waals surface area contributed by atoms with Crippen molar-refractivity contribution in [3.05, 3.63) is 65.9 Å². The second-order valence-electron chi connectivity index (χ2n) is 9.11. The highest BCUT2D eigenvalue weighted by atomic mass is 16.3. The average molecular weight is 463 g/mol. The van der Waals surface area contributed by atoms with Crippen molar-refractivity contribution in [2.75, 3.05) is 36.0 Å². The summed E-state index contributed by atoms with van der Waals surface area (Å²) in [5, 5.41) is 39.6. The van der Waals surface area contributed by atoms with E-state index in [-0.39, 0.29) is 12.2 Å². The van der Waals surface area contributed by atoms with E-state index in [0.717, 1.165) is 44.8 Å². The molecular weight excluding hydrogens is 440 g/mol. The molecule has 172 valence electrons. The van der Waals surface area contributed by atoms with Crippen molar-refractivity contribution >= 4 is 22.3 Å². The van der Waals surface area contributed by atoms with E-state index in [1.807, 2.05) is 58.3 Å². The van der Waals surface area contributed by atoms with E-state index in [4.69, 9.17) is 0 Å². The first-order valence-corrected chi connectivity index (χ1v) is 11.5. The van der Waals surface area contributed by atoms with Gasteiger partial charge >= 0.3 is 0 Å². The van der Waals surface area contributed by atoms with Gasteiger partial charge in [0.1, 0.15) is 12.1 Å². The molecule has 0 spiro atoms. The Bertz CT molecular complexity index is 1530. The van der Waals surface area contributed by atoms with E-state index >= 15 is 0 Å². The van der Waals surface area contributed by atoms with Gasteiger partial charge in [0.2, 0.25) is 0 Å². The molecule has 2 aromatic carbocycles. The number of hydrogen-bond acceptors (Lipinski definition) is 7. The number of aliphatic hydroxyl groups excluding tert-OH is 2. The molecule has 4 heterocycles. The third kappa shape index (κ3) is 3.57. The summed E-state index contributed by atoms with van der Waals surface area (Å²) in [4.78, 5) is 12.0. The van der Waals surface area contributed by atoms with Crippen LogP contribution in [0.3, 0.4) is 0 Å². The number of anilines is 2. The van der Waals surface area contributed by atoms with Crippen molar-refractivity contribution in [2.45, 2.75) is 12.2 Å². The fourth-order valence-corrected chi connectivity index (χ4v) is 4.86. The molecular formula is C27H22N6O2. The van der Waals surface area contributed by atoms with E-state index in [1.54, 1.807) is 6.20 Å². The Hall–Kier alpha value is -4.37. The Labute approximate surface area is 201 Å². The molecule has 2 aromatic heterocycles. The van der Waals surface area contributed by atoms with Crippen LogP contribution in [0, 0.1) is 22.7 Å². The number of fused-ring (bicyclic) bond motifs is 1. The number of pyridine rings is 1. The molecule has 2 aliphatic heterocycles. The summed E-state index contributed by atoms with van der Waals surface area (Å²) in [6.45, 7) is 2.14. The van der Waals surface area contributed by atoms with Gasteiger partial charge < -0.3 is 25.0 Å². The number of β-amino-alcohol motifs (C(OH)–C–C–N with tert-alkyl or cyclic N) is 2. The zero-order valence-corrected chi connectivity index (χ0v) is 18.8. The summed E-state index contributed by atoms with van der Waals surface area (Å²) in [6.07, 6.45) is 1.06. The highest BCUT2D eigenvalue weighted by Gasteiger charge is 2.27. The van der Waals surface area contributed by atoms with Gasteiger partial charge in [0.05, 0.1) is 40.4 Å². The molecule has 0 unspecified atom stereocenters. The van der Waals surface area contributed by atoms with Crippen molar-refractivity contribution in [2.24, 2.45) is 0 Å². The van der Waals surface area contributed by atoms with Gasteiger partial charge in [-0.3, -0.25) is 4.98 Å². The van der Waals surface area contributed by atoms with E-state index in [0.29, 0.717) is 37.3 Å². The number of aliphatic hydroxyl groups is 2. The molecule has 0 atom stereocenters. The molecule has 0 aliphatic carbocycles. The lowest BCUT2D eigenvalue weighted by atomic mass is 10.0. The first-order valence-electron chi connectivity index (χ1n) is 11.5. The van der Waals surface area contributed by atoms with Crippen LogP contribution in [0.1, 0.15) is 11.1 Å². The number of H-pyrrole nitrogens is 1. The SMILES string of the molecule is N#Cc1cc(-c2cc3c(-c4ccc(N5CC(O)C5)c(C#N)c4)nccc3[nH]2)ccc1N1CC(O)C1. The number of nitrogens with zero attached hydrogens (tertiary/aromatic N) is 5. The maximum atomic E-state index is 9.73. The average Bonchev–Trinajstić information content (AvgIpc) is 3.29. The molecule has 4 aromatic rings. The summed E-state index contributed by atoms with van der Waals surface area (Å²) in [7, 11) is 0. The number of aromatic amines is 1. The fourth-order valence-electron chi connectivity index (χ4n) is 4.86. The Morgan fingerprint density at radius 1 is 0.800 bits per heavy atom. The third-order valence-electron chi connectivity index (χ3n) is 6.77. The quantitative estimate of drug-likeness (QED) is 0.426. The van der Waals surface area contributed by atoms with Crippen LogP contribution in [0.5, 0.6) is 0 Å². The standard InChI is InChI=1S/C27H22N6O2/c28-10-18-7-16(1-3-25(18)32-12-20(34)13-32)24-9-22-23(31-24)5-6-30-27(22)17-2-4-26(19(8-17)11-29)33-14-21(35)15-33/h1-9,20-21,31,34-35H,12-15H2. The summed E-state index contributed by atoms with van der Waals surface area (Å²) >= 11 is 0. The molecule has 2 fully saturated rings. The Morgan fingerprint density at radius 2 is 1.37 bits per heavy atom. The van der Waals surface area contributed by atoms with Gasteiger partial charge in [0.15, 0.2) is 0 Å². The third-order valence-corrected chi connectivity index (χ3v) is 6.77. The van der Waals surface area contributed by atoms with E-state index in [1.165, 1.54) is 0 Å². The number of nitrogens with one attached hydrogen (secondary N) is 1. The minimum atomic E-state index is -0.344. The number of hydrogen-bond donors (Lipinski definition) is 3. The number of nitriles is 2. The summed E-state index contributed by atoms with van der Waals surface area (Å²) < 4.78 is 0. The molecule has 0 radical (unpaired) electrons. The predicted molar refractivity (Wildman–Crippen MR) is 133 cm³/mol. The summed E-state index contributed by atoms with van der Waals surface area (Å²) in [5.74, 6) is 0. The van der Waals surface area contributed by atoms with Gasteiger partial charge in [0.25, 0.3) is 0 Å². The van der Waals surface area contributed by atoms with Gasteiger partial charge in [-0.05, 0) is 42.0 Å². The first-order chi connectivity index (χ1) is 17.0. The molecule has 6 rings (SSSR count). The maximum Gasteiger partial charge on any atom is 0.101 e. The molecule has 3 N–H and O–H groups in total. The van der Waals surface area contributed by atoms with Crippen LogP contribution >= 0.6 is 0 Å². The molecule has 2 saturated heterocycles. The maximum absolute atomic E-state index is 9.73. The topological polar surface area (TPSA) is 123 Å². The van der Waals surface area contributed by atoms with Crippen LogP contribution in [0.4, 0.5) is 11.4 Å². The van der Waals surface area contributed by atoms with Crippen molar-refractivity contribution in [1.29, 1.82) is 10.5 Å². The van der Waals surface area contributed by atoms with Gasteiger partial charge in [-0.2, -0.15) is 10.5 Å². The number of benzene rings is 2. The molecule has 8 heteroatoms. The lowest BCUT2D eigenvalue weighted by molar-refractivity contribution is 0.141. The lowest BCUT2D eigenvalue weighted by Crippen LogP contribution is -2.51. The monoisotopic (exact) mass is 462 g/mol. The van der Waals surface area contributed by atoms with Gasteiger partial charge in [-0.25, -0.2) is 0 Å².